The lowest BCUT2D eigenvalue weighted by molar-refractivity contribution is -0.141. The third kappa shape index (κ3) is 3.68. The Hall–Kier alpha value is -1.57. The van der Waals surface area contributed by atoms with Gasteiger partial charge in [0.1, 0.15) is 12.5 Å². The number of nitrogens with zero attached hydrogens (tertiary/aromatic N) is 4. The molecule has 0 saturated carbocycles. The van der Waals surface area contributed by atoms with E-state index >= 15 is 0 Å². The Morgan fingerprint density at radius 1 is 1.57 bits per heavy atom. The van der Waals surface area contributed by atoms with Gasteiger partial charge in [-0.25, -0.2) is 4.79 Å². The molecule has 0 aromatic rings. The summed E-state index contributed by atoms with van der Waals surface area (Å²) in [7, 11) is -1.47. The molecule has 1 fully saturated rings. The number of hydrazone groups is 1. The molecule has 0 aromatic carbocycles. The van der Waals surface area contributed by atoms with E-state index in [1.54, 1.807) is 0 Å². The van der Waals surface area contributed by atoms with Crippen molar-refractivity contribution in [3.05, 3.63) is 0 Å². The number of thioether (sulfide) groups is 1. The van der Waals surface area contributed by atoms with Crippen molar-refractivity contribution in [3.63, 3.8) is 0 Å². The Balaban J connectivity index is 2.15. The Labute approximate surface area is 137 Å². The second kappa shape index (κ2) is 6.90. The zero-order valence-electron chi connectivity index (χ0n) is 12.8. The number of hydrogen-bond acceptors (Lipinski definition) is 8. The highest BCUT2D eigenvalue weighted by Crippen LogP contribution is 2.26. The first-order valence-electron chi connectivity index (χ1n) is 6.50. The van der Waals surface area contributed by atoms with Crippen LogP contribution in [0.25, 0.3) is 0 Å². The van der Waals surface area contributed by atoms with Crippen LogP contribution in [0.3, 0.4) is 0 Å². The van der Waals surface area contributed by atoms with Crippen molar-refractivity contribution in [1.82, 2.24) is 19.1 Å². The number of ether oxygens (including phenoxy) is 1. The number of esters is 1. The first kappa shape index (κ1) is 17.8. The molecule has 0 bridgehead atoms. The predicted octanol–water partition coefficient (Wildman–Crippen LogP) is -1.04. The summed E-state index contributed by atoms with van der Waals surface area (Å²) in [6, 6.07) is -0.867. The predicted molar refractivity (Wildman–Crippen MR) is 81.1 cm³/mol. The van der Waals surface area contributed by atoms with Crippen LogP contribution in [-0.2, 0) is 24.6 Å². The van der Waals surface area contributed by atoms with Crippen LogP contribution in [0.15, 0.2) is 5.10 Å². The van der Waals surface area contributed by atoms with Crippen molar-refractivity contribution in [2.45, 2.75) is 13.0 Å². The standard InChI is InChI=1S/C10H17N5O6S2/c1-7(16)21-5-8-4-11-9(17)15(8)10-12-14(6-22-10)23(18,19)13(2)20-3/h8H,4-6H2,1-3H3,(H,11,17). The average Bonchev–Trinajstić information content (AvgIpc) is 3.10. The number of amides is 2. The summed E-state index contributed by atoms with van der Waals surface area (Å²) in [4.78, 5) is 28.8. The van der Waals surface area contributed by atoms with Crippen LogP contribution in [0.1, 0.15) is 6.92 Å². The minimum absolute atomic E-state index is 0.00161. The molecule has 0 aromatic heterocycles. The minimum atomic E-state index is -3.92. The summed E-state index contributed by atoms with van der Waals surface area (Å²) in [5.74, 6) is -0.452. The van der Waals surface area contributed by atoms with Crippen LogP contribution in [0.5, 0.6) is 0 Å². The Morgan fingerprint density at radius 3 is 2.87 bits per heavy atom. The molecule has 2 heterocycles. The highest BCUT2D eigenvalue weighted by atomic mass is 32.2. The Morgan fingerprint density at radius 2 is 2.26 bits per heavy atom. The fourth-order valence-corrected chi connectivity index (χ4v) is 4.05. The summed E-state index contributed by atoms with van der Waals surface area (Å²) in [6.45, 7) is 1.54. The maximum absolute atomic E-state index is 12.1. The Kier molecular flexibility index (Phi) is 5.33. The van der Waals surface area contributed by atoms with Gasteiger partial charge in [-0.2, -0.15) is 12.8 Å². The number of carbonyl (C=O) groups is 2. The summed E-state index contributed by atoms with van der Waals surface area (Å²) < 4.78 is 30.6. The van der Waals surface area contributed by atoms with Crippen LogP contribution in [0, 0.1) is 0 Å². The summed E-state index contributed by atoms with van der Waals surface area (Å²) in [5, 5.41) is 6.79. The average molecular weight is 367 g/mol. The van der Waals surface area contributed by atoms with E-state index in [-0.39, 0.29) is 24.2 Å². The second-order valence-corrected chi connectivity index (χ2v) is 7.33. The molecule has 23 heavy (non-hydrogen) atoms. The van der Waals surface area contributed by atoms with Crippen molar-refractivity contribution >= 4 is 39.1 Å². The fourth-order valence-electron chi connectivity index (χ4n) is 1.87. The number of urea groups is 1. The molecule has 2 amide bonds. The summed E-state index contributed by atoms with van der Waals surface area (Å²) >= 11 is 1.08. The molecular weight excluding hydrogens is 350 g/mol. The van der Waals surface area contributed by atoms with E-state index in [0.29, 0.717) is 4.47 Å². The molecular formula is C10H17N5O6S2. The van der Waals surface area contributed by atoms with Crippen LogP contribution in [-0.4, -0.2) is 78.6 Å². The van der Waals surface area contributed by atoms with Gasteiger partial charge in [0.25, 0.3) is 0 Å². The summed E-state index contributed by atoms with van der Waals surface area (Å²) in [6.07, 6.45) is 0. The number of rotatable bonds is 5. The lowest BCUT2D eigenvalue weighted by Gasteiger charge is -2.21. The van der Waals surface area contributed by atoms with Crippen molar-refractivity contribution in [2.24, 2.45) is 5.10 Å². The number of carbonyl (C=O) groups excluding carboxylic acids is 2. The number of nitrogens with one attached hydrogen (secondary N) is 1. The van der Waals surface area contributed by atoms with E-state index in [1.165, 1.54) is 26.0 Å². The molecule has 130 valence electrons. The second-order valence-electron chi connectivity index (χ2n) is 4.59. The minimum Gasteiger partial charge on any atom is -0.464 e. The zero-order chi connectivity index (χ0) is 17.2. The van der Waals surface area contributed by atoms with Gasteiger partial charge in [-0.05, 0) is 0 Å². The van der Waals surface area contributed by atoms with Gasteiger partial charge in [0.15, 0.2) is 5.17 Å². The smallest absolute Gasteiger partial charge is 0.341 e. The number of amidine groups is 1. The van der Waals surface area contributed by atoms with Crippen LogP contribution >= 0.6 is 11.8 Å². The largest absolute Gasteiger partial charge is 0.464 e. The lowest BCUT2D eigenvalue weighted by Crippen LogP contribution is -2.41. The van der Waals surface area contributed by atoms with Gasteiger partial charge in [-0.15, -0.1) is 5.10 Å². The molecule has 11 nitrogen and oxygen atoms in total. The van der Waals surface area contributed by atoms with Gasteiger partial charge < -0.3 is 10.1 Å². The van der Waals surface area contributed by atoms with Gasteiger partial charge in [0, 0.05) is 20.5 Å². The lowest BCUT2D eigenvalue weighted by atomic mass is 10.3. The molecule has 1 N–H and O–H groups in total. The SMILES string of the molecule is CON(C)S(=O)(=O)N1CSC(N2C(=O)NCC2COC(C)=O)=N1. The number of hydrogen-bond donors (Lipinski definition) is 1. The van der Waals surface area contributed by atoms with Crippen molar-refractivity contribution in [1.29, 1.82) is 0 Å². The van der Waals surface area contributed by atoms with Crippen molar-refractivity contribution < 1.29 is 27.6 Å². The van der Waals surface area contributed by atoms with E-state index in [1.807, 2.05) is 0 Å². The zero-order valence-corrected chi connectivity index (χ0v) is 14.4. The molecule has 1 saturated heterocycles. The van der Waals surface area contributed by atoms with E-state index in [9.17, 15) is 18.0 Å². The van der Waals surface area contributed by atoms with Crippen LogP contribution in [0.4, 0.5) is 4.79 Å². The normalized spacial score (nSPS) is 21.7. The topological polar surface area (TPSA) is 121 Å². The van der Waals surface area contributed by atoms with Gasteiger partial charge >= 0.3 is 22.2 Å². The molecule has 1 unspecified atom stereocenters. The van der Waals surface area contributed by atoms with Gasteiger partial charge in [0.2, 0.25) is 0 Å². The van der Waals surface area contributed by atoms with Crippen LogP contribution < -0.4 is 5.32 Å². The first-order valence-corrected chi connectivity index (χ1v) is 8.88. The first-order chi connectivity index (χ1) is 10.8. The molecule has 0 spiro atoms. The van der Waals surface area contributed by atoms with E-state index < -0.39 is 28.3 Å². The highest BCUT2D eigenvalue weighted by molar-refractivity contribution is 8.14. The molecule has 13 heteroatoms. The third-order valence-corrected chi connectivity index (χ3v) is 5.72. The molecule has 2 aliphatic rings. The quantitative estimate of drug-likeness (QED) is 0.486. The van der Waals surface area contributed by atoms with E-state index in [2.05, 4.69) is 15.3 Å². The molecule has 2 rings (SSSR count). The van der Waals surface area contributed by atoms with Crippen LogP contribution in [0.2, 0.25) is 0 Å². The highest BCUT2D eigenvalue weighted by Gasteiger charge is 2.40. The van der Waals surface area contributed by atoms with Crippen molar-refractivity contribution in [3.8, 4) is 0 Å². The number of hydroxylamine groups is 1. The third-order valence-electron chi connectivity index (χ3n) is 3.11. The van der Waals surface area contributed by atoms with E-state index in [0.717, 1.165) is 16.2 Å². The van der Waals surface area contributed by atoms with Gasteiger partial charge in [-0.1, -0.05) is 16.2 Å². The fraction of sp³-hybridized carbons (Fsp3) is 0.700. The van der Waals surface area contributed by atoms with Crippen molar-refractivity contribution in [2.75, 3.05) is 33.2 Å². The molecule has 0 aliphatic carbocycles. The Bertz CT molecular complexity index is 623. The molecule has 2 aliphatic heterocycles. The molecule has 0 radical (unpaired) electrons. The maximum atomic E-state index is 12.1. The van der Waals surface area contributed by atoms with E-state index in [4.69, 9.17) is 4.74 Å². The monoisotopic (exact) mass is 367 g/mol. The maximum Gasteiger partial charge on any atom is 0.341 e. The summed E-state index contributed by atoms with van der Waals surface area (Å²) in [5.41, 5.74) is 0. The van der Waals surface area contributed by atoms with Gasteiger partial charge in [0.05, 0.1) is 13.2 Å². The molecule has 1 atom stereocenters. The van der Waals surface area contributed by atoms with Gasteiger partial charge in [-0.3, -0.25) is 14.5 Å².